The van der Waals surface area contributed by atoms with Crippen molar-refractivity contribution in [1.29, 1.82) is 5.26 Å². The summed E-state index contributed by atoms with van der Waals surface area (Å²) >= 11 is 6.22. The molecule has 39 heavy (non-hydrogen) atoms. The molecular weight excluding hydrogens is 569 g/mol. The van der Waals surface area contributed by atoms with E-state index in [1.165, 1.54) is 30.6 Å². The molecule has 0 N–H and O–H groups in total. The predicted molar refractivity (Wildman–Crippen MR) is 127 cm³/mol. The lowest BCUT2D eigenvalue weighted by Crippen LogP contribution is -2.35. The first-order chi connectivity index (χ1) is 18.1. The van der Waals surface area contributed by atoms with E-state index in [0.29, 0.717) is 28.7 Å². The normalized spacial score (nSPS) is 17.2. The van der Waals surface area contributed by atoms with Crippen molar-refractivity contribution in [3.63, 3.8) is 0 Å². The summed E-state index contributed by atoms with van der Waals surface area (Å²) in [4.78, 5) is 11.6. The molecule has 8 nitrogen and oxygen atoms in total. The zero-order valence-electron chi connectivity index (χ0n) is 20.1. The summed E-state index contributed by atoms with van der Waals surface area (Å²) in [5, 5.41) is 15.7. The number of sulfone groups is 1. The topological polar surface area (TPSA) is 111 Å². The Morgan fingerprint density at radius 2 is 1.87 bits per heavy atom. The zero-order valence-corrected chi connectivity index (χ0v) is 21.7. The van der Waals surface area contributed by atoms with Crippen molar-refractivity contribution in [2.24, 2.45) is 12.5 Å². The summed E-state index contributed by atoms with van der Waals surface area (Å²) in [6, 6.07) is 6.57. The maximum absolute atomic E-state index is 14.5. The number of carbonyl (C=O) groups is 1. The molecule has 0 aliphatic heterocycles. The number of hydrogen-bond acceptors (Lipinski definition) is 6. The monoisotopic (exact) mass is 587 g/mol. The highest BCUT2D eigenvalue weighted by Crippen LogP contribution is 2.50. The van der Waals surface area contributed by atoms with Gasteiger partial charge in [-0.15, -0.1) is 0 Å². The molecule has 0 saturated heterocycles. The van der Waals surface area contributed by atoms with Crippen LogP contribution < -0.4 is 0 Å². The molecule has 0 spiro atoms. The number of aryl methyl sites for hydroxylation is 1. The molecule has 2 saturated carbocycles. The number of carbonyl (C=O) groups excluding carboxylic acids is 1. The van der Waals surface area contributed by atoms with Gasteiger partial charge in [0.2, 0.25) is 0 Å². The van der Waals surface area contributed by atoms with E-state index in [2.05, 4.69) is 16.3 Å². The fourth-order valence-electron chi connectivity index (χ4n) is 4.28. The van der Waals surface area contributed by atoms with Gasteiger partial charge in [0.1, 0.15) is 4.90 Å². The van der Waals surface area contributed by atoms with Crippen LogP contribution in [0, 0.1) is 16.7 Å². The van der Waals surface area contributed by atoms with Crippen LogP contribution in [0.4, 0.5) is 22.0 Å². The molecule has 0 bridgehead atoms. The van der Waals surface area contributed by atoms with Gasteiger partial charge in [-0.1, -0.05) is 17.7 Å². The molecule has 0 atom stereocenters. The molecule has 3 aromatic rings. The number of ketones is 1. The number of Topliss-reactive ketones (excluding diaryl/α,β-unsaturated/α-hetero) is 1. The zero-order chi connectivity index (χ0) is 28.5. The van der Waals surface area contributed by atoms with Crippen LogP contribution in [0.15, 0.2) is 35.5 Å². The van der Waals surface area contributed by atoms with E-state index in [1.54, 1.807) is 0 Å². The second-order valence-electron chi connectivity index (χ2n) is 9.80. The fraction of sp³-hybridized carbons (Fsp3) is 0.417. The van der Waals surface area contributed by atoms with Crippen LogP contribution >= 0.6 is 11.6 Å². The molecular formula is C24H19ClF5N5O3S. The van der Waals surface area contributed by atoms with E-state index in [0.717, 1.165) is 11.7 Å². The number of hydrogen-bond donors (Lipinski definition) is 0. The number of alkyl halides is 5. The van der Waals surface area contributed by atoms with Gasteiger partial charge in [-0.2, -0.15) is 37.4 Å². The third-order valence-corrected chi connectivity index (χ3v) is 9.49. The van der Waals surface area contributed by atoms with E-state index in [9.17, 15) is 40.4 Å². The highest BCUT2D eigenvalue weighted by atomic mass is 35.5. The average molecular weight is 588 g/mol. The van der Waals surface area contributed by atoms with Crippen LogP contribution in [0.5, 0.6) is 0 Å². The van der Waals surface area contributed by atoms with Crippen LogP contribution in [0.2, 0.25) is 5.02 Å². The smallest absolute Gasteiger partial charge is 0.294 e. The third-order valence-electron chi connectivity index (χ3n) is 6.87. The van der Waals surface area contributed by atoms with Crippen LogP contribution in [0.1, 0.15) is 48.2 Å². The Morgan fingerprint density at radius 3 is 2.44 bits per heavy atom. The van der Waals surface area contributed by atoms with Crippen LogP contribution in [0.25, 0.3) is 16.9 Å². The lowest BCUT2D eigenvalue weighted by Gasteiger charge is -2.18. The van der Waals surface area contributed by atoms with Crippen molar-refractivity contribution in [1.82, 2.24) is 19.6 Å². The largest absolute Gasteiger partial charge is 0.459 e. The van der Waals surface area contributed by atoms with Crippen molar-refractivity contribution >= 4 is 27.2 Å². The maximum Gasteiger partial charge on any atom is 0.459 e. The average Bonchev–Trinajstić information content (AvgIpc) is 3.77. The maximum atomic E-state index is 14.5. The molecule has 0 unspecified atom stereocenters. The lowest BCUT2D eigenvalue weighted by molar-refractivity contribution is -0.292. The molecule has 5 rings (SSSR count). The highest BCUT2D eigenvalue weighted by Gasteiger charge is 2.63. The molecule has 1 aromatic carbocycles. The molecule has 2 aliphatic rings. The van der Waals surface area contributed by atoms with E-state index < -0.39 is 49.0 Å². The number of benzene rings is 1. The Labute approximate surface area is 223 Å². The Balaban J connectivity index is 1.58. The second-order valence-corrected chi connectivity index (χ2v) is 12.4. The molecule has 2 aliphatic carbocycles. The van der Waals surface area contributed by atoms with Gasteiger partial charge in [0.25, 0.3) is 0 Å². The lowest BCUT2D eigenvalue weighted by atomic mass is 9.95. The standard InChI is InChI=1S/C24H19ClF5N5O3S/c1-34-21(19(39(37,38)15-3-4-15)20(33-34)23(26,27)24(28,29)30)35-11-14(10-32-35)13-2-5-17(25)16(8-13)18(36)9-22(12-31)6-7-22/h2,5,8,10-11,15H,3-4,6-7,9H2,1H3. The Kier molecular flexibility index (Phi) is 6.19. The summed E-state index contributed by atoms with van der Waals surface area (Å²) in [6.45, 7) is 0. The molecule has 2 fully saturated rings. The Hall–Kier alpha value is -3.31. The van der Waals surface area contributed by atoms with Crippen molar-refractivity contribution in [2.45, 2.75) is 54.3 Å². The van der Waals surface area contributed by atoms with Gasteiger partial charge in [-0.05, 0) is 43.4 Å². The summed E-state index contributed by atoms with van der Waals surface area (Å²) in [6.07, 6.45) is -2.20. The van der Waals surface area contributed by atoms with Crippen LogP contribution in [-0.4, -0.2) is 45.2 Å². The molecule has 2 heterocycles. The van der Waals surface area contributed by atoms with Gasteiger partial charge in [0.05, 0.1) is 28.0 Å². The summed E-state index contributed by atoms with van der Waals surface area (Å²) in [5.41, 5.74) is -1.79. The van der Waals surface area contributed by atoms with Crippen molar-refractivity contribution in [3.8, 4) is 23.0 Å². The summed E-state index contributed by atoms with van der Waals surface area (Å²) < 4.78 is 96.4. The van der Waals surface area contributed by atoms with Gasteiger partial charge in [0, 0.05) is 30.8 Å². The van der Waals surface area contributed by atoms with Gasteiger partial charge in [-0.3, -0.25) is 4.79 Å². The second kappa shape index (κ2) is 8.85. The first-order valence-corrected chi connectivity index (χ1v) is 13.6. The van der Waals surface area contributed by atoms with E-state index in [1.807, 2.05) is 0 Å². The SMILES string of the molecule is Cn1nc(C(F)(F)C(F)(F)F)c(S(=O)(=O)C2CC2)c1-n1cc(-c2ccc(Cl)c(C(=O)CC3(C#N)CC3)c2)cn1. The molecule has 0 amide bonds. The molecule has 15 heteroatoms. The number of aromatic nitrogens is 4. The third kappa shape index (κ3) is 4.61. The summed E-state index contributed by atoms with van der Waals surface area (Å²) in [5.74, 6) is -6.47. The number of nitrogens with zero attached hydrogens (tertiary/aromatic N) is 5. The minimum Gasteiger partial charge on any atom is -0.294 e. The Bertz CT molecular complexity index is 1650. The first-order valence-electron chi connectivity index (χ1n) is 11.7. The number of nitriles is 1. The predicted octanol–water partition coefficient (Wildman–Crippen LogP) is 5.39. The van der Waals surface area contributed by atoms with Crippen LogP contribution in [0.3, 0.4) is 0 Å². The minimum absolute atomic E-state index is 0.0144. The van der Waals surface area contributed by atoms with E-state index >= 15 is 0 Å². The van der Waals surface area contributed by atoms with E-state index in [4.69, 9.17) is 11.6 Å². The van der Waals surface area contributed by atoms with Gasteiger partial charge in [-0.25, -0.2) is 17.8 Å². The molecule has 0 radical (unpaired) electrons. The van der Waals surface area contributed by atoms with Gasteiger partial charge in [0.15, 0.2) is 27.1 Å². The van der Waals surface area contributed by atoms with Crippen molar-refractivity contribution in [2.75, 3.05) is 0 Å². The van der Waals surface area contributed by atoms with Crippen LogP contribution in [-0.2, 0) is 22.8 Å². The minimum atomic E-state index is -6.08. The number of rotatable bonds is 8. The quantitative estimate of drug-likeness (QED) is 0.258. The summed E-state index contributed by atoms with van der Waals surface area (Å²) in [7, 11) is -3.56. The first kappa shape index (κ1) is 27.3. The fourth-order valence-corrected chi connectivity index (χ4v) is 6.51. The molecule has 2 aromatic heterocycles. The van der Waals surface area contributed by atoms with Crippen molar-refractivity contribution in [3.05, 3.63) is 46.9 Å². The van der Waals surface area contributed by atoms with Gasteiger partial charge < -0.3 is 0 Å². The van der Waals surface area contributed by atoms with E-state index in [-0.39, 0.29) is 35.6 Å². The Morgan fingerprint density at radius 1 is 1.21 bits per heavy atom. The highest BCUT2D eigenvalue weighted by molar-refractivity contribution is 7.92. The van der Waals surface area contributed by atoms with Crippen molar-refractivity contribution < 1.29 is 35.2 Å². The number of halogens is 6. The molecule has 206 valence electrons. The van der Waals surface area contributed by atoms with Gasteiger partial charge >= 0.3 is 12.1 Å².